The molecule has 0 saturated heterocycles. The lowest BCUT2D eigenvalue weighted by molar-refractivity contribution is 0.0732. The molecule has 6 heteroatoms. The molecule has 0 N–H and O–H groups in total. The van der Waals surface area contributed by atoms with E-state index in [-0.39, 0.29) is 12.0 Å². The van der Waals surface area contributed by atoms with Crippen LogP contribution in [0.3, 0.4) is 0 Å². The number of fused-ring (bicyclic) bond motifs is 3. The molecule has 6 nitrogen and oxygen atoms in total. The number of hydrogen-bond acceptors (Lipinski definition) is 4. The van der Waals surface area contributed by atoms with Crippen molar-refractivity contribution in [3.63, 3.8) is 0 Å². The fraction of sp³-hybridized carbons (Fsp3) is 0.350. The van der Waals surface area contributed by atoms with Crippen molar-refractivity contribution in [1.82, 2.24) is 19.5 Å². The molecule has 0 bridgehead atoms. The van der Waals surface area contributed by atoms with Gasteiger partial charge in [0.1, 0.15) is 5.75 Å². The Kier molecular flexibility index (Phi) is 4.11. The molecule has 134 valence electrons. The highest BCUT2D eigenvalue weighted by molar-refractivity contribution is 5.94. The van der Waals surface area contributed by atoms with Crippen molar-refractivity contribution in [2.24, 2.45) is 0 Å². The van der Waals surface area contributed by atoms with E-state index in [9.17, 15) is 4.79 Å². The zero-order chi connectivity index (χ0) is 18.3. The highest BCUT2D eigenvalue weighted by atomic mass is 16.5. The van der Waals surface area contributed by atoms with Gasteiger partial charge in [-0.3, -0.25) is 4.79 Å². The fourth-order valence-corrected chi connectivity index (χ4v) is 3.36. The van der Waals surface area contributed by atoms with Crippen LogP contribution in [0.2, 0.25) is 0 Å². The molecule has 2 aromatic heterocycles. The van der Waals surface area contributed by atoms with Crippen LogP contribution in [0.1, 0.15) is 41.2 Å². The van der Waals surface area contributed by atoms with Crippen molar-refractivity contribution in [1.29, 1.82) is 0 Å². The summed E-state index contributed by atoms with van der Waals surface area (Å²) in [7, 11) is 0. The van der Waals surface area contributed by atoms with Gasteiger partial charge < -0.3 is 9.64 Å². The summed E-state index contributed by atoms with van der Waals surface area (Å²) in [6.45, 7) is 7.16. The Bertz CT molecular complexity index is 960. The van der Waals surface area contributed by atoms with Gasteiger partial charge in [0.15, 0.2) is 5.65 Å². The van der Waals surface area contributed by atoms with Crippen LogP contribution in [0, 0.1) is 6.92 Å². The third-order valence-corrected chi connectivity index (χ3v) is 4.53. The quantitative estimate of drug-likeness (QED) is 0.728. The molecule has 3 heterocycles. The molecule has 0 saturated carbocycles. The Hall–Kier alpha value is -2.89. The predicted octanol–water partition coefficient (Wildman–Crippen LogP) is 3.02. The van der Waals surface area contributed by atoms with Crippen LogP contribution in [-0.2, 0) is 13.0 Å². The van der Waals surface area contributed by atoms with E-state index in [1.807, 2.05) is 66.7 Å². The zero-order valence-corrected chi connectivity index (χ0v) is 15.3. The second kappa shape index (κ2) is 6.44. The molecule has 0 unspecified atom stereocenters. The number of hydrogen-bond donors (Lipinski definition) is 0. The van der Waals surface area contributed by atoms with Crippen LogP contribution in [0.4, 0.5) is 0 Å². The Morgan fingerprint density at radius 2 is 2.00 bits per heavy atom. The summed E-state index contributed by atoms with van der Waals surface area (Å²) in [6, 6.07) is 9.33. The third kappa shape index (κ3) is 3.03. The molecular weight excluding hydrogens is 328 g/mol. The minimum absolute atomic E-state index is 0.0310. The molecule has 1 aromatic carbocycles. The SMILES string of the molecule is Cc1cc2ncc3c(n2n1)CCN(C(=O)c1ccc(OC(C)C)cc1)C3. The van der Waals surface area contributed by atoms with Crippen LogP contribution in [0.25, 0.3) is 5.65 Å². The maximum Gasteiger partial charge on any atom is 0.254 e. The smallest absolute Gasteiger partial charge is 0.254 e. The molecule has 0 aliphatic carbocycles. The number of carbonyl (C=O) groups is 1. The Morgan fingerprint density at radius 3 is 2.73 bits per heavy atom. The number of amides is 1. The Morgan fingerprint density at radius 1 is 1.23 bits per heavy atom. The molecule has 3 aromatic rings. The normalized spacial score (nSPS) is 13.9. The van der Waals surface area contributed by atoms with E-state index in [4.69, 9.17) is 4.74 Å². The first-order chi connectivity index (χ1) is 12.5. The molecular formula is C20H22N4O2. The second-order valence-electron chi connectivity index (χ2n) is 6.95. The highest BCUT2D eigenvalue weighted by Gasteiger charge is 2.24. The lowest BCUT2D eigenvalue weighted by Gasteiger charge is -2.29. The van der Waals surface area contributed by atoms with Gasteiger partial charge in [-0.25, -0.2) is 9.50 Å². The Labute approximate surface area is 152 Å². The van der Waals surface area contributed by atoms with Crippen LogP contribution < -0.4 is 4.74 Å². The fourth-order valence-electron chi connectivity index (χ4n) is 3.36. The number of aryl methyl sites for hydroxylation is 1. The van der Waals surface area contributed by atoms with Crippen molar-refractivity contribution in [2.75, 3.05) is 6.54 Å². The van der Waals surface area contributed by atoms with E-state index >= 15 is 0 Å². The average Bonchev–Trinajstić information content (AvgIpc) is 3.01. The van der Waals surface area contributed by atoms with Gasteiger partial charge in [0.05, 0.1) is 17.5 Å². The molecule has 0 radical (unpaired) electrons. The molecule has 4 rings (SSSR count). The molecule has 1 aliphatic heterocycles. The van der Waals surface area contributed by atoms with E-state index in [1.165, 1.54) is 0 Å². The average molecular weight is 350 g/mol. The van der Waals surface area contributed by atoms with E-state index in [0.29, 0.717) is 18.7 Å². The monoisotopic (exact) mass is 350 g/mol. The van der Waals surface area contributed by atoms with Crippen molar-refractivity contribution < 1.29 is 9.53 Å². The van der Waals surface area contributed by atoms with Crippen molar-refractivity contribution in [2.45, 2.75) is 39.8 Å². The Balaban J connectivity index is 1.54. The van der Waals surface area contributed by atoms with Gasteiger partial charge in [-0.05, 0) is 45.0 Å². The molecule has 0 atom stereocenters. The lowest BCUT2D eigenvalue weighted by atomic mass is 10.1. The number of carbonyl (C=O) groups excluding carboxylic acids is 1. The topological polar surface area (TPSA) is 59.7 Å². The number of rotatable bonds is 3. The molecule has 1 amide bonds. The summed E-state index contributed by atoms with van der Waals surface area (Å²) in [5.74, 6) is 0.810. The van der Waals surface area contributed by atoms with Gasteiger partial charge in [0.2, 0.25) is 0 Å². The predicted molar refractivity (Wildman–Crippen MR) is 98.4 cm³/mol. The number of nitrogens with zero attached hydrogens (tertiary/aromatic N) is 4. The summed E-state index contributed by atoms with van der Waals surface area (Å²) >= 11 is 0. The van der Waals surface area contributed by atoms with Crippen LogP contribution >= 0.6 is 0 Å². The minimum Gasteiger partial charge on any atom is -0.491 e. The van der Waals surface area contributed by atoms with E-state index in [2.05, 4.69) is 10.1 Å². The van der Waals surface area contributed by atoms with Crippen LogP contribution in [0.5, 0.6) is 5.75 Å². The van der Waals surface area contributed by atoms with Crippen molar-refractivity contribution in [3.8, 4) is 5.75 Å². The first-order valence-electron chi connectivity index (χ1n) is 8.90. The summed E-state index contributed by atoms with van der Waals surface area (Å²) in [5.41, 5.74) is 4.69. The van der Waals surface area contributed by atoms with E-state index < -0.39 is 0 Å². The van der Waals surface area contributed by atoms with Crippen LogP contribution in [-0.4, -0.2) is 38.1 Å². The standard InChI is InChI=1S/C20H22N4O2/c1-13(2)26-17-6-4-15(5-7-17)20(25)23-9-8-18-16(12-23)11-21-19-10-14(3)22-24(18)19/h4-7,10-11,13H,8-9,12H2,1-3H3. The van der Waals surface area contributed by atoms with Crippen molar-refractivity contribution >= 4 is 11.6 Å². The first kappa shape index (κ1) is 16.6. The molecule has 1 aliphatic rings. The lowest BCUT2D eigenvalue weighted by Crippen LogP contribution is -2.37. The van der Waals surface area contributed by atoms with Gasteiger partial charge in [0.25, 0.3) is 5.91 Å². The maximum absolute atomic E-state index is 12.9. The van der Waals surface area contributed by atoms with Gasteiger partial charge >= 0.3 is 0 Å². The molecule has 26 heavy (non-hydrogen) atoms. The molecule has 0 fully saturated rings. The highest BCUT2D eigenvalue weighted by Crippen LogP contribution is 2.22. The van der Waals surface area contributed by atoms with Crippen molar-refractivity contribution in [3.05, 3.63) is 59.0 Å². The molecule has 0 spiro atoms. The number of aromatic nitrogens is 3. The minimum atomic E-state index is 0.0310. The summed E-state index contributed by atoms with van der Waals surface area (Å²) < 4.78 is 7.55. The zero-order valence-electron chi connectivity index (χ0n) is 15.3. The number of benzene rings is 1. The van der Waals surface area contributed by atoms with Gasteiger partial charge in [-0.2, -0.15) is 5.10 Å². The van der Waals surface area contributed by atoms with Gasteiger partial charge in [-0.1, -0.05) is 0 Å². The summed E-state index contributed by atoms with van der Waals surface area (Å²) in [6.07, 6.45) is 2.76. The van der Waals surface area contributed by atoms with Gasteiger partial charge in [0, 0.05) is 42.9 Å². The van der Waals surface area contributed by atoms with E-state index in [1.54, 1.807) is 0 Å². The first-order valence-corrected chi connectivity index (χ1v) is 8.90. The number of ether oxygens (including phenoxy) is 1. The summed E-state index contributed by atoms with van der Waals surface area (Å²) in [4.78, 5) is 19.2. The van der Waals surface area contributed by atoms with Gasteiger partial charge in [-0.15, -0.1) is 0 Å². The van der Waals surface area contributed by atoms with E-state index in [0.717, 1.165) is 34.8 Å². The van der Waals surface area contributed by atoms with Crippen LogP contribution in [0.15, 0.2) is 36.5 Å². The largest absolute Gasteiger partial charge is 0.491 e. The third-order valence-electron chi connectivity index (χ3n) is 4.53. The summed E-state index contributed by atoms with van der Waals surface area (Å²) in [5, 5.41) is 4.52. The second-order valence-corrected chi connectivity index (χ2v) is 6.95. The maximum atomic E-state index is 12.9.